The third-order valence-electron chi connectivity index (χ3n) is 3.74. The molecule has 1 aliphatic rings. The van der Waals surface area contributed by atoms with E-state index in [0.29, 0.717) is 13.0 Å². The Bertz CT molecular complexity index is 618. The average Bonchev–Trinajstić information content (AvgIpc) is 2.94. The summed E-state index contributed by atoms with van der Waals surface area (Å²) in [6.45, 7) is 3.48. The van der Waals surface area contributed by atoms with Gasteiger partial charge in [-0.3, -0.25) is 9.48 Å². The second-order valence-corrected chi connectivity index (χ2v) is 5.07. The molecule has 3 rings (SSSR count). The van der Waals surface area contributed by atoms with Crippen molar-refractivity contribution >= 4 is 5.78 Å². The number of hydrogen-bond donors (Lipinski definition) is 0. The number of aryl methyl sites for hydroxylation is 1. The second-order valence-electron chi connectivity index (χ2n) is 5.07. The second kappa shape index (κ2) is 5.49. The van der Waals surface area contributed by atoms with Crippen molar-refractivity contribution in [1.82, 2.24) is 9.78 Å². The Balaban J connectivity index is 1.78. The lowest BCUT2D eigenvalue weighted by atomic mass is 9.87. The summed E-state index contributed by atoms with van der Waals surface area (Å²) in [6, 6.07) is 7.83. The fourth-order valence-corrected chi connectivity index (χ4v) is 2.67. The number of rotatable bonds is 4. The molecule has 1 aromatic heterocycles. The van der Waals surface area contributed by atoms with Crippen molar-refractivity contribution in [1.29, 1.82) is 0 Å². The van der Waals surface area contributed by atoms with Gasteiger partial charge in [0.15, 0.2) is 0 Å². The molecule has 0 amide bonds. The Labute approximate surface area is 118 Å². The monoisotopic (exact) mass is 270 g/mol. The molecule has 0 N–H and O–H groups in total. The highest BCUT2D eigenvalue weighted by Crippen LogP contribution is 2.34. The van der Waals surface area contributed by atoms with Crippen molar-refractivity contribution in [2.75, 3.05) is 6.61 Å². The summed E-state index contributed by atoms with van der Waals surface area (Å²) in [4.78, 5) is 12.5. The summed E-state index contributed by atoms with van der Waals surface area (Å²) in [5, 5.41) is 4.22. The van der Waals surface area contributed by atoms with E-state index in [0.717, 1.165) is 29.8 Å². The van der Waals surface area contributed by atoms with E-state index >= 15 is 0 Å². The lowest BCUT2D eigenvalue weighted by molar-refractivity contribution is -0.120. The number of aromatic nitrogens is 2. The first-order valence-electron chi connectivity index (χ1n) is 7.03. The number of nitrogens with zero attached hydrogens (tertiary/aromatic N) is 2. The summed E-state index contributed by atoms with van der Waals surface area (Å²) in [6.07, 6.45) is 4.94. The van der Waals surface area contributed by atoms with Crippen molar-refractivity contribution in [3.8, 4) is 5.75 Å². The summed E-state index contributed by atoms with van der Waals surface area (Å²) in [7, 11) is 0. The average molecular weight is 270 g/mol. The van der Waals surface area contributed by atoms with Crippen LogP contribution < -0.4 is 4.74 Å². The lowest BCUT2D eigenvalue weighted by Crippen LogP contribution is -2.22. The van der Waals surface area contributed by atoms with Crippen LogP contribution in [0, 0.1) is 0 Å². The van der Waals surface area contributed by atoms with E-state index in [1.807, 2.05) is 42.1 Å². The van der Waals surface area contributed by atoms with E-state index in [9.17, 15) is 4.79 Å². The van der Waals surface area contributed by atoms with Gasteiger partial charge in [0.25, 0.3) is 0 Å². The van der Waals surface area contributed by atoms with E-state index in [1.54, 1.807) is 6.20 Å². The van der Waals surface area contributed by atoms with Crippen molar-refractivity contribution in [3.63, 3.8) is 0 Å². The van der Waals surface area contributed by atoms with E-state index in [2.05, 4.69) is 5.10 Å². The number of para-hydroxylation sites is 1. The van der Waals surface area contributed by atoms with Gasteiger partial charge in [-0.1, -0.05) is 18.2 Å². The zero-order chi connectivity index (χ0) is 13.9. The van der Waals surface area contributed by atoms with Gasteiger partial charge in [0.2, 0.25) is 0 Å². The fraction of sp³-hybridized carbons (Fsp3) is 0.375. The summed E-state index contributed by atoms with van der Waals surface area (Å²) in [5.41, 5.74) is 2.01. The molecule has 20 heavy (non-hydrogen) atoms. The maximum Gasteiger partial charge on any atom is 0.145 e. The molecule has 0 aliphatic carbocycles. The number of fused-ring (bicyclic) bond motifs is 1. The predicted octanol–water partition coefficient (Wildman–Crippen LogP) is 2.58. The molecule has 2 aromatic rings. The topological polar surface area (TPSA) is 44.1 Å². The van der Waals surface area contributed by atoms with E-state index in [-0.39, 0.29) is 11.7 Å². The number of ketones is 1. The summed E-state index contributed by atoms with van der Waals surface area (Å²) >= 11 is 0. The van der Waals surface area contributed by atoms with E-state index in [4.69, 9.17) is 4.74 Å². The molecule has 1 aliphatic heterocycles. The minimum Gasteiger partial charge on any atom is -0.493 e. The molecule has 1 atom stereocenters. The molecule has 0 bridgehead atoms. The van der Waals surface area contributed by atoms with Crippen molar-refractivity contribution in [2.24, 2.45) is 0 Å². The zero-order valence-electron chi connectivity index (χ0n) is 11.6. The third-order valence-corrected chi connectivity index (χ3v) is 3.74. The molecule has 2 heterocycles. The molecule has 104 valence electrons. The lowest BCUT2D eigenvalue weighted by Gasteiger charge is -2.24. The van der Waals surface area contributed by atoms with Crippen LogP contribution in [0.1, 0.15) is 30.4 Å². The van der Waals surface area contributed by atoms with Gasteiger partial charge in [-0.2, -0.15) is 5.10 Å². The molecule has 1 aromatic carbocycles. The van der Waals surface area contributed by atoms with Crippen LogP contribution in [0.5, 0.6) is 5.75 Å². The zero-order valence-corrected chi connectivity index (χ0v) is 11.6. The van der Waals surface area contributed by atoms with Gasteiger partial charge >= 0.3 is 0 Å². The van der Waals surface area contributed by atoms with Gasteiger partial charge in [0, 0.05) is 30.6 Å². The first kappa shape index (κ1) is 12.9. The van der Waals surface area contributed by atoms with E-state index in [1.165, 1.54) is 0 Å². The van der Waals surface area contributed by atoms with Gasteiger partial charge < -0.3 is 4.74 Å². The molecule has 4 heteroatoms. The molecular weight excluding hydrogens is 252 g/mol. The Morgan fingerprint density at radius 1 is 1.45 bits per heavy atom. The van der Waals surface area contributed by atoms with Crippen LogP contribution in [-0.4, -0.2) is 22.2 Å². The Hall–Kier alpha value is -2.10. The molecule has 1 unspecified atom stereocenters. The van der Waals surface area contributed by atoms with Gasteiger partial charge in [0.05, 0.1) is 12.8 Å². The van der Waals surface area contributed by atoms with Gasteiger partial charge in [-0.05, 0) is 25.0 Å². The summed E-state index contributed by atoms with van der Waals surface area (Å²) < 4.78 is 7.45. The SMILES string of the molecule is CCn1cc(CC(=O)C2CCOc3ccccc32)cn1. The number of ether oxygens (including phenoxy) is 1. The van der Waals surface area contributed by atoms with Crippen molar-refractivity contribution in [2.45, 2.75) is 32.2 Å². The first-order chi connectivity index (χ1) is 9.78. The van der Waals surface area contributed by atoms with Crippen LogP contribution in [0.3, 0.4) is 0 Å². The van der Waals surface area contributed by atoms with Crippen molar-refractivity contribution in [3.05, 3.63) is 47.8 Å². The fourth-order valence-electron chi connectivity index (χ4n) is 2.67. The largest absolute Gasteiger partial charge is 0.493 e. The van der Waals surface area contributed by atoms with Crippen LogP contribution in [0.25, 0.3) is 0 Å². The maximum absolute atomic E-state index is 12.5. The smallest absolute Gasteiger partial charge is 0.145 e. The van der Waals surface area contributed by atoms with Crippen LogP contribution in [0.4, 0.5) is 0 Å². The Morgan fingerprint density at radius 3 is 3.10 bits per heavy atom. The number of hydrogen-bond acceptors (Lipinski definition) is 3. The Morgan fingerprint density at radius 2 is 2.30 bits per heavy atom. The van der Waals surface area contributed by atoms with Gasteiger partial charge in [-0.15, -0.1) is 0 Å². The molecule has 4 nitrogen and oxygen atoms in total. The van der Waals surface area contributed by atoms with Gasteiger partial charge in [-0.25, -0.2) is 0 Å². The van der Waals surface area contributed by atoms with E-state index < -0.39 is 0 Å². The molecule has 0 saturated carbocycles. The number of carbonyl (C=O) groups is 1. The number of carbonyl (C=O) groups excluding carboxylic acids is 1. The van der Waals surface area contributed by atoms with Crippen LogP contribution in [0.2, 0.25) is 0 Å². The summed E-state index contributed by atoms with van der Waals surface area (Å²) in [5.74, 6) is 1.04. The normalized spacial score (nSPS) is 17.4. The molecule has 0 radical (unpaired) electrons. The van der Waals surface area contributed by atoms with Gasteiger partial charge in [0.1, 0.15) is 11.5 Å². The predicted molar refractivity (Wildman–Crippen MR) is 75.9 cm³/mol. The van der Waals surface area contributed by atoms with Crippen LogP contribution in [0.15, 0.2) is 36.7 Å². The van der Waals surface area contributed by atoms with Crippen LogP contribution >= 0.6 is 0 Å². The Kier molecular flexibility index (Phi) is 3.54. The molecule has 0 spiro atoms. The highest BCUT2D eigenvalue weighted by molar-refractivity contribution is 5.88. The third kappa shape index (κ3) is 2.46. The molecule has 0 saturated heterocycles. The quantitative estimate of drug-likeness (QED) is 0.857. The molecule has 0 fully saturated rings. The minimum absolute atomic E-state index is 0.0510. The highest BCUT2D eigenvalue weighted by Gasteiger charge is 2.27. The standard InChI is InChI=1S/C16H18N2O2/c1-2-18-11-12(10-17-18)9-15(19)13-7-8-20-16-6-4-3-5-14(13)16/h3-6,10-11,13H,2,7-9H2,1H3. The number of benzene rings is 1. The number of Topliss-reactive ketones (excluding diaryl/α,β-unsaturated/α-hetero) is 1. The van der Waals surface area contributed by atoms with Crippen molar-refractivity contribution < 1.29 is 9.53 Å². The molecular formula is C16H18N2O2. The highest BCUT2D eigenvalue weighted by atomic mass is 16.5. The maximum atomic E-state index is 12.5. The minimum atomic E-state index is -0.0510. The first-order valence-corrected chi connectivity index (χ1v) is 7.03. The van der Waals surface area contributed by atoms with Crippen LogP contribution in [-0.2, 0) is 17.8 Å².